The average molecular weight is 159 g/mol. The maximum Gasteiger partial charge on any atom is 0.237 e. The second-order valence-corrected chi connectivity index (χ2v) is 2.13. The van der Waals surface area contributed by atoms with Gasteiger partial charge in [0.2, 0.25) is 11.8 Å². The van der Waals surface area contributed by atoms with Crippen molar-refractivity contribution in [1.82, 2.24) is 10.6 Å². The molecule has 4 N–H and O–H groups in total. The van der Waals surface area contributed by atoms with E-state index in [2.05, 4.69) is 10.6 Å². The van der Waals surface area contributed by atoms with Gasteiger partial charge in [-0.15, -0.1) is 0 Å². The number of carbonyl (C=O) groups is 2. The summed E-state index contributed by atoms with van der Waals surface area (Å²) in [5.41, 5.74) is 4.90. The van der Waals surface area contributed by atoms with E-state index < -0.39 is 11.9 Å². The Morgan fingerprint density at radius 1 is 1.45 bits per heavy atom. The Hall–Kier alpha value is -1.10. The fourth-order valence-corrected chi connectivity index (χ4v) is 0.701. The molecule has 0 aromatic rings. The van der Waals surface area contributed by atoms with Gasteiger partial charge in [0.15, 0.2) is 0 Å². The fourth-order valence-electron chi connectivity index (χ4n) is 0.701. The number of likely N-dealkylation sites (N-methyl/N-ethyl adjacent to an activating group) is 2. The predicted octanol–water partition coefficient (Wildman–Crippen LogP) is -1.80. The molecule has 0 heterocycles. The van der Waals surface area contributed by atoms with Crippen LogP contribution in [0.5, 0.6) is 0 Å². The van der Waals surface area contributed by atoms with Gasteiger partial charge in [-0.1, -0.05) is 0 Å². The molecule has 0 saturated carbocycles. The molecular weight excluding hydrogens is 146 g/mol. The van der Waals surface area contributed by atoms with E-state index in [1.165, 1.54) is 7.05 Å². The molecule has 0 radical (unpaired) electrons. The van der Waals surface area contributed by atoms with E-state index in [-0.39, 0.29) is 12.3 Å². The van der Waals surface area contributed by atoms with Crippen LogP contribution in [0.15, 0.2) is 0 Å². The summed E-state index contributed by atoms with van der Waals surface area (Å²) in [6.07, 6.45) is 0.0240. The molecule has 0 aliphatic carbocycles. The zero-order valence-electron chi connectivity index (χ0n) is 6.68. The summed E-state index contributed by atoms with van der Waals surface area (Å²) < 4.78 is 0. The van der Waals surface area contributed by atoms with Crippen LogP contribution in [0.4, 0.5) is 0 Å². The second-order valence-electron chi connectivity index (χ2n) is 2.13. The van der Waals surface area contributed by atoms with Gasteiger partial charge >= 0.3 is 0 Å². The van der Waals surface area contributed by atoms with Crippen molar-refractivity contribution in [2.24, 2.45) is 5.73 Å². The van der Waals surface area contributed by atoms with E-state index in [4.69, 9.17) is 5.73 Å². The molecule has 5 heteroatoms. The lowest BCUT2D eigenvalue weighted by Gasteiger charge is -2.11. The van der Waals surface area contributed by atoms with Gasteiger partial charge in [0.05, 0.1) is 12.5 Å². The molecule has 0 aromatic carbocycles. The monoisotopic (exact) mass is 159 g/mol. The zero-order chi connectivity index (χ0) is 8.85. The van der Waals surface area contributed by atoms with E-state index in [0.29, 0.717) is 0 Å². The lowest BCUT2D eigenvalue weighted by molar-refractivity contribution is -0.126. The third kappa shape index (κ3) is 3.57. The summed E-state index contributed by atoms with van der Waals surface area (Å²) in [5, 5.41) is 5.08. The van der Waals surface area contributed by atoms with Crippen LogP contribution in [-0.2, 0) is 9.59 Å². The second kappa shape index (κ2) is 4.68. The minimum absolute atomic E-state index is 0.0240. The van der Waals surface area contributed by atoms with E-state index in [0.717, 1.165) is 0 Å². The average Bonchev–Trinajstić information content (AvgIpc) is 1.98. The van der Waals surface area contributed by atoms with Crippen molar-refractivity contribution in [3.8, 4) is 0 Å². The topological polar surface area (TPSA) is 84.2 Å². The number of nitrogens with two attached hydrogens (primary N) is 1. The molecule has 0 spiro atoms. The Morgan fingerprint density at radius 2 is 2.00 bits per heavy atom. The predicted molar refractivity (Wildman–Crippen MR) is 40.7 cm³/mol. The first-order valence-corrected chi connectivity index (χ1v) is 3.29. The van der Waals surface area contributed by atoms with Gasteiger partial charge in [-0.05, 0) is 7.05 Å². The van der Waals surface area contributed by atoms with Crippen molar-refractivity contribution in [3.63, 3.8) is 0 Å². The van der Waals surface area contributed by atoms with Gasteiger partial charge in [0, 0.05) is 7.05 Å². The number of hydrogen-bond donors (Lipinski definition) is 3. The number of carbonyl (C=O) groups excluding carboxylic acids is 2. The normalized spacial score (nSPS) is 12.2. The maximum atomic E-state index is 10.9. The van der Waals surface area contributed by atoms with E-state index in [1.807, 2.05) is 0 Å². The zero-order valence-corrected chi connectivity index (χ0v) is 6.68. The van der Waals surface area contributed by atoms with Crippen molar-refractivity contribution in [1.29, 1.82) is 0 Å². The minimum Gasteiger partial charge on any atom is -0.370 e. The highest BCUT2D eigenvalue weighted by Gasteiger charge is 2.16. The summed E-state index contributed by atoms with van der Waals surface area (Å²) in [6.45, 7) is 0. The highest BCUT2D eigenvalue weighted by atomic mass is 16.2. The first-order valence-electron chi connectivity index (χ1n) is 3.29. The van der Waals surface area contributed by atoms with Gasteiger partial charge in [0.1, 0.15) is 0 Å². The van der Waals surface area contributed by atoms with Crippen molar-refractivity contribution in [3.05, 3.63) is 0 Å². The Morgan fingerprint density at radius 3 is 2.27 bits per heavy atom. The first kappa shape index (κ1) is 9.90. The summed E-state index contributed by atoms with van der Waals surface area (Å²) >= 11 is 0. The molecule has 1 atom stereocenters. The highest BCUT2D eigenvalue weighted by molar-refractivity contribution is 5.87. The molecule has 0 rings (SSSR count). The van der Waals surface area contributed by atoms with Crippen LogP contribution in [0.1, 0.15) is 6.42 Å². The van der Waals surface area contributed by atoms with Crippen LogP contribution in [-0.4, -0.2) is 32.0 Å². The molecule has 0 aliphatic rings. The van der Waals surface area contributed by atoms with Gasteiger partial charge in [-0.2, -0.15) is 0 Å². The summed E-state index contributed by atoms with van der Waals surface area (Å²) in [5.74, 6) is -0.723. The van der Waals surface area contributed by atoms with Crippen molar-refractivity contribution in [2.75, 3.05) is 14.1 Å². The van der Waals surface area contributed by atoms with Crippen LogP contribution in [0, 0.1) is 0 Å². The molecule has 11 heavy (non-hydrogen) atoms. The minimum atomic E-state index is -0.516. The van der Waals surface area contributed by atoms with E-state index >= 15 is 0 Å². The number of rotatable bonds is 4. The maximum absolute atomic E-state index is 10.9. The standard InChI is InChI=1S/C6H13N3O2/c1-8-4(3-5(7)10)6(11)9-2/h4,8H,3H2,1-2H3,(H2,7,10)(H,9,11). The molecule has 0 aromatic heterocycles. The molecular formula is C6H13N3O2. The molecule has 0 fully saturated rings. The Bertz CT molecular complexity index is 158. The van der Waals surface area contributed by atoms with E-state index in [9.17, 15) is 9.59 Å². The van der Waals surface area contributed by atoms with Crippen LogP contribution in [0.3, 0.4) is 0 Å². The summed E-state index contributed by atoms with van der Waals surface area (Å²) in [7, 11) is 3.11. The Kier molecular flexibility index (Phi) is 4.21. The SMILES string of the molecule is CNC(=O)C(CC(N)=O)NC. The van der Waals surface area contributed by atoms with Crippen molar-refractivity contribution in [2.45, 2.75) is 12.5 Å². The molecule has 0 aliphatic heterocycles. The van der Waals surface area contributed by atoms with Crippen LogP contribution in [0.2, 0.25) is 0 Å². The Labute approximate surface area is 65.3 Å². The molecule has 1 unspecified atom stereocenters. The van der Waals surface area contributed by atoms with Gasteiger partial charge in [-0.25, -0.2) is 0 Å². The third-order valence-corrected chi connectivity index (χ3v) is 1.32. The molecule has 0 bridgehead atoms. The first-order chi connectivity index (χ1) is 5.11. The number of hydrogen-bond acceptors (Lipinski definition) is 3. The number of amides is 2. The molecule has 5 nitrogen and oxygen atoms in total. The van der Waals surface area contributed by atoms with Crippen LogP contribution >= 0.6 is 0 Å². The molecule has 64 valence electrons. The molecule has 0 saturated heterocycles. The van der Waals surface area contributed by atoms with Crippen molar-refractivity contribution < 1.29 is 9.59 Å². The molecule has 2 amide bonds. The Balaban J connectivity index is 3.94. The quantitative estimate of drug-likeness (QED) is 0.452. The lowest BCUT2D eigenvalue weighted by Crippen LogP contribution is -2.43. The third-order valence-electron chi connectivity index (χ3n) is 1.32. The van der Waals surface area contributed by atoms with E-state index in [1.54, 1.807) is 7.05 Å². The van der Waals surface area contributed by atoms with Gasteiger partial charge in [-0.3, -0.25) is 9.59 Å². The van der Waals surface area contributed by atoms with Gasteiger partial charge in [0.25, 0.3) is 0 Å². The van der Waals surface area contributed by atoms with Crippen LogP contribution in [0.25, 0.3) is 0 Å². The summed E-state index contributed by atoms with van der Waals surface area (Å²) in [4.78, 5) is 21.3. The van der Waals surface area contributed by atoms with Gasteiger partial charge < -0.3 is 16.4 Å². The highest BCUT2D eigenvalue weighted by Crippen LogP contribution is 1.88. The fraction of sp³-hybridized carbons (Fsp3) is 0.667. The summed E-state index contributed by atoms with van der Waals surface area (Å²) in [6, 6.07) is -0.516. The number of nitrogens with one attached hydrogen (secondary N) is 2. The lowest BCUT2D eigenvalue weighted by atomic mass is 10.2. The van der Waals surface area contributed by atoms with Crippen LogP contribution < -0.4 is 16.4 Å². The smallest absolute Gasteiger partial charge is 0.237 e. The van der Waals surface area contributed by atoms with Crippen molar-refractivity contribution >= 4 is 11.8 Å². The largest absolute Gasteiger partial charge is 0.370 e. The number of primary amides is 1.